The Morgan fingerprint density at radius 3 is 2.40 bits per heavy atom. The number of rotatable bonds is 9. The lowest BCUT2D eigenvalue weighted by atomic mass is 10.1. The van der Waals surface area contributed by atoms with Crippen LogP contribution in [0.2, 0.25) is 5.02 Å². The summed E-state index contributed by atoms with van der Waals surface area (Å²) in [4.78, 5) is 22.1. The Hall–Kier alpha value is -3.43. The molecule has 0 saturated heterocycles. The minimum atomic E-state index is -0.282. The van der Waals surface area contributed by atoms with Gasteiger partial charge in [0, 0.05) is 28.7 Å². The Morgan fingerprint density at radius 1 is 1.06 bits per heavy atom. The average molecular weight is 509 g/mol. The van der Waals surface area contributed by atoms with Crippen molar-refractivity contribution in [3.63, 3.8) is 0 Å². The highest BCUT2D eigenvalue weighted by Gasteiger charge is 2.21. The van der Waals surface area contributed by atoms with Crippen LogP contribution in [-0.4, -0.2) is 44.5 Å². The van der Waals surface area contributed by atoms with Crippen LogP contribution in [0.4, 0.5) is 0 Å². The fourth-order valence-electron chi connectivity index (χ4n) is 3.48. The van der Waals surface area contributed by atoms with Gasteiger partial charge in [-0.2, -0.15) is 0 Å². The van der Waals surface area contributed by atoms with Crippen LogP contribution in [0.3, 0.4) is 0 Å². The molecule has 35 heavy (non-hydrogen) atoms. The number of methoxy groups -OCH3 is 1. The number of ether oxygens (including phenoxy) is 1. The molecule has 0 aliphatic heterocycles. The molecular formula is C25H25ClN6O2S. The lowest BCUT2D eigenvalue weighted by molar-refractivity contribution is 0.0948. The summed E-state index contributed by atoms with van der Waals surface area (Å²) >= 11 is 7.49. The first kappa shape index (κ1) is 24.7. The molecule has 2 aromatic carbocycles. The summed E-state index contributed by atoms with van der Waals surface area (Å²) in [5, 5.41) is 12.7. The van der Waals surface area contributed by atoms with Gasteiger partial charge in [-0.05, 0) is 68.3 Å². The third-order valence-corrected chi connectivity index (χ3v) is 6.32. The van der Waals surface area contributed by atoms with E-state index in [0.717, 1.165) is 28.4 Å². The number of thioether (sulfide) groups is 1. The molecule has 0 atom stereocenters. The van der Waals surface area contributed by atoms with Gasteiger partial charge in [0.2, 0.25) is 0 Å². The molecule has 0 saturated carbocycles. The van der Waals surface area contributed by atoms with Gasteiger partial charge in [0.15, 0.2) is 10.9 Å². The molecule has 2 heterocycles. The van der Waals surface area contributed by atoms with E-state index in [0.29, 0.717) is 34.6 Å². The van der Waals surface area contributed by atoms with Gasteiger partial charge in [0.05, 0.1) is 18.5 Å². The highest BCUT2D eigenvalue weighted by atomic mass is 35.5. The zero-order valence-corrected chi connectivity index (χ0v) is 21.2. The van der Waals surface area contributed by atoms with Crippen molar-refractivity contribution >= 4 is 29.3 Å². The van der Waals surface area contributed by atoms with Crippen LogP contribution < -0.4 is 10.1 Å². The molecule has 0 unspecified atom stereocenters. The van der Waals surface area contributed by atoms with Gasteiger partial charge in [-0.15, -0.1) is 5.10 Å². The van der Waals surface area contributed by atoms with Gasteiger partial charge in [0.25, 0.3) is 5.91 Å². The Balaban J connectivity index is 1.52. The van der Waals surface area contributed by atoms with Gasteiger partial charge >= 0.3 is 0 Å². The maximum Gasteiger partial charge on any atom is 0.273 e. The number of nitrogens with zero attached hydrogens (tertiary/aromatic N) is 5. The fraction of sp³-hybridized carbons (Fsp3) is 0.240. The molecule has 0 bridgehead atoms. The van der Waals surface area contributed by atoms with Crippen molar-refractivity contribution in [2.75, 3.05) is 13.7 Å². The van der Waals surface area contributed by atoms with E-state index in [1.54, 1.807) is 23.9 Å². The number of hydrogen-bond acceptors (Lipinski definition) is 7. The summed E-state index contributed by atoms with van der Waals surface area (Å²) in [6.45, 7) is 4.33. The van der Waals surface area contributed by atoms with Crippen molar-refractivity contribution in [2.24, 2.45) is 0 Å². The first-order valence-corrected chi connectivity index (χ1v) is 12.4. The number of halogens is 1. The number of benzene rings is 2. The lowest BCUT2D eigenvalue weighted by Gasteiger charge is -2.09. The maximum atomic E-state index is 13.1. The molecular weight excluding hydrogens is 484 g/mol. The fourth-order valence-corrected chi connectivity index (χ4v) is 4.55. The SMILES string of the molecule is COc1ccc(CCNC(=O)c2nnn(-c3ccc(Cl)cc3)c2CSc2nc(C)cc(C)n2)cc1. The molecule has 10 heteroatoms. The molecule has 0 aliphatic carbocycles. The average Bonchev–Trinajstić information content (AvgIpc) is 3.27. The number of nitrogens with one attached hydrogen (secondary N) is 1. The first-order valence-electron chi connectivity index (χ1n) is 11.0. The monoisotopic (exact) mass is 508 g/mol. The number of carbonyl (C=O) groups excluding carboxylic acids is 1. The maximum absolute atomic E-state index is 13.1. The predicted molar refractivity (Wildman–Crippen MR) is 136 cm³/mol. The predicted octanol–water partition coefficient (Wildman–Crippen LogP) is 4.60. The van der Waals surface area contributed by atoms with E-state index >= 15 is 0 Å². The van der Waals surface area contributed by atoms with Crippen molar-refractivity contribution in [2.45, 2.75) is 31.2 Å². The van der Waals surface area contributed by atoms with E-state index in [2.05, 4.69) is 25.6 Å². The molecule has 2 aromatic heterocycles. The van der Waals surface area contributed by atoms with E-state index in [4.69, 9.17) is 16.3 Å². The van der Waals surface area contributed by atoms with E-state index in [-0.39, 0.29) is 11.6 Å². The topological polar surface area (TPSA) is 94.8 Å². The Labute approximate surface area is 213 Å². The number of hydrogen-bond donors (Lipinski definition) is 1. The molecule has 0 radical (unpaired) electrons. The summed E-state index contributed by atoms with van der Waals surface area (Å²) < 4.78 is 6.85. The number of aromatic nitrogens is 5. The Bertz CT molecular complexity index is 1290. The number of carbonyl (C=O) groups is 1. The highest BCUT2D eigenvalue weighted by molar-refractivity contribution is 7.98. The van der Waals surface area contributed by atoms with E-state index in [1.165, 1.54) is 11.8 Å². The van der Waals surface area contributed by atoms with Crippen LogP contribution in [0.25, 0.3) is 5.69 Å². The van der Waals surface area contributed by atoms with Crippen molar-refractivity contribution in [1.82, 2.24) is 30.3 Å². The third-order valence-electron chi connectivity index (χ3n) is 5.21. The number of aryl methyl sites for hydroxylation is 2. The zero-order chi connectivity index (χ0) is 24.8. The van der Waals surface area contributed by atoms with Crippen molar-refractivity contribution in [3.05, 3.63) is 88.0 Å². The quantitative estimate of drug-likeness (QED) is 0.261. The molecule has 8 nitrogen and oxygen atoms in total. The highest BCUT2D eigenvalue weighted by Crippen LogP contribution is 2.24. The van der Waals surface area contributed by atoms with E-state index < -0.39 is 0 Å². The largest absolute Gasteiger partial charge is 0.497 e. The summed E-state index contributed by atoms with van der Waals surface area (Å²) in [6, 6.07) is 16.9. The molecule has 1 amide bonds. The van der Waals surface area contributed by atoms with Crippen LogP contribution in [0.15, 0.2) is 59.8 Å². The molecule has 0 spiro atoms. The van der Waals surface area contributed by atoms with Crippen LogP contribution in [0.1, 0.15) is 33.1 Å². The van der Waals surface area contributed by atoms with Gasteiger partial charge in [-0.25, -0.2) is 14.6 Å². The van der Waals surface area contributed by atoms with Crippen molar-refractivity contribution in [1.29, 1.82) is 0 Å². The van der Waals surface area contributed by atoms with Gasteiger partial charge in [0.1, 0.15) is 5.75 Å². The smallest absolute Gasteiger partial charge is 0.273 e. The molecule has 0 aliphatic rings. The van der Waals surface area contributed by atoms with E-state index in [9.17, 15) is 4.79 Å². The normalized spacial score (nSPS) is 10.9. The molecule has 1 N–H and O–H groups in total. The molecule has 4 rings (SSSR count). The summed E-state index contributed by atoms with van der Waals surface area (Å²) in [6.07, 6.45) is 0.682. The van der Waals surface area contributed by atoms with E-state index in [1.807, 2.05) is 56.3 Å². The minimum Gasteiger partial charge on any atom is -0.497 e. The second-order valence-electron chi connectivity index (χ2n) is 7.85. The Kier molecular flexibility index (Phi) is 7.99. The standard InChI is InChI=1S/C25H25ClN6O2S/c1-16-14-17(2)29-25(28-16)35-15-22-23(30-31-32(22)20-8-6-19(26)7-9-20)24(33)27-13-12-18-4-10-21(34-3)11-5-18/h4-11,14H,12-13,15H2,1-3H3,(H,27,33). The van der Waals surface area contributed by atoms with Crippen LogP contribution in [0.5, 0.6) is 5.75 Å². The summed E-state index contributed by atoms with van der Waals surface area (Å²) in [7, 11) is 1.63. The van der Waals surface area contributed by atoms with Gasteiger partial charge < -0.3 is 10.1 Å². The van der Waals surface area contributed by atoms with Crippen LogP contribution in [0, 0.1) is 13.8 Å². The lowest BCUT2D eigenvalue weighted by Crippen LogP contribution is -2.27. The summed E-state index contributed by atoms with van der Waals surface area (Å²) in [5.41, 5.74) is 4.56. The van der Waals surface area contributed by atoms with Crippen LogP contribution in [-0.2, 0) is 12.2 Å². The first-order chi connectivity index (χ1) is 16.9. The minimum absolute atomic E-state index is 0.270. The second-order valence-corrected chi connectivity index (χ2v) is 9.23. The van der Waals surface area contributed by atoms with Gasteiger partial charge in [-0.1, -0.05) is 40.7 Å². The third kappa shape index (κ3) is 6.37. The molecule has 180 valence electrons. The van der Waals surface area contributed by atoms with Crippen molar-refractivity contribution in [3.8, 4) is 11.4 Å². The van der Waals surface area contributed by atoms with Crippen LogP contribution >= 0.6 is 23.4 Å². The van der Waals surface area contributed by atoms with Gasteiger partial charge in [-0.3, -0.25) is 4.79 Å². The Morgan fingerprint density at radius 2 is 1.74 bits per heavy atom. The van der Waals surface area contributed by atoms with Crippen molar-refractivity contribution < 1.29 is 9.53 Å². The molecule has 4 aromatic rings. The zero-order valence-electron chi connectivity index (χ0n) is 19.7. The second kappa shape index (κ2) is 11.3. The molecule has 0 fully saturated rings. The number of amides is 1. The summed E-state index contributed by atoms with van der Waals surface area (Å²) in [5.74, 6) is 0.932.